The monoisotopic (exact) mass is 500 g/mol. The average Bonchev–Trinajstić information content (AvgIpc) is 3.22. The molecule has 1 aliphatic rings. The minimum absolute atomic E-state index is 0.0231. The molecule has 31 heavy (non-hydrogen) atoms. The van der Waals surface area contributed by atoms with Crippen molar-refractivity contribution < 1.29 is 9.59 Å². The van der Waals surface area contributed by atoms with Crippen molar-refractivity contribution in [3.63, 3.8) is 0 Å². The molecule has 1 N–H and O–H groups in total. The van der Waals surface area contributed by atoms with Crippen LogP contribution < -0.4 is 5.32 Å². The van der Waals surface area contributed by atoms with Gasteiger partial charge in [0.25, 0.3) is 0 Å². The van der Waals surface area contributed by atoms with Crippen molar-refractivity contribution >= 4 is 58.2 Å². The van der Waals surface area contributed by atoms with Crippen LogP contribution in [0.3, 0.4) is 0 Å². The summed E-state index contributed by atoms with van der Waals surface area (Å²) in [4.78, 5) is 27.8. The Bertz CT molecular complexity index is 940. The van der Waals surface area contributed by atoms with Crippen LogP contribution >= 0.6 is 46.4 Å². The molecule has 1 saturated carbocycles. The van der Waals surface area contributed by atoms with Gasteiger partial charge in [0.1, 0.15) is 6.04 Å². The van der Waals surface area contributed by atoms with Crippen LogP contribution in [0.25, 0.3) is 0 Å². The molecule has 0 radical (unpaired) electrons. The molecule has 2 amide bonds. The molecule has 0 spiro atoms. The quantitative estimate of drug-likeness (QED) is 0.482. The van der Waals surface area contributed by atoms with E-state index in [0.717, 1.165) is 25.7 Å². The maximum absolute atomic E-state index is 13.3. The molecule has 1 atom stereocenters. The number of benzene rings is 2. The molecular weight excluding hydrogens is 478 g/mol. The van der Waals surface area contributed by atoms with Crippen molar-refractivity contribution in [3.8, 4) is 0 Å². The van der Waals surface area contributed by atoms with E-state index in [1.165, 1.54) is 4.90 Å². The van der Waals surface area contributed by atoms with Crippen molar-refractivity contribution in [2.24, 2.45) is 0 Å². The van der Waals surface area contributed by atoms with E-state index in [0.29, 0.717) is 31.2 Å². The third-order valence-corrected chi connectivity index (χ3v) is 6.91. The van der Waals surface area contributed by atoms with Crippen molar-refractivity contribution in [3.05, 3.63) is 67.6 Å². The van der Waals surface area contributed by atoms with E-state index in [9.17, 15) is 9.59 Å². The Morgan fingerprint density at radius 2 is 1.68 bits per heavy atom. The first-order chi connectivity index (χ1) is 14.8. The topological polar surface area (TPSA) is 49.4 Å². The fourth-order valence-corrected chi connectivity index (χ4v) is 4.76. The molecule has 0 bridgehead atoms. The summed E-state index contributed by atoms with van der Waals surface area (Å²) in [7, 11) is 0. The van der Waals surface area contributed by atoms with E-state index in [4.69, 9.17) is 46.4 Å². The molecule has 2 aromatic rings. The lowest BCUT2D eigenvalue weighted by Gasteiger charge is -2.30. The minimum Gasteiger partial charge on any atom is -0.352 e. The number of rotatable bonds is 7. The van der Waals surface area contributed by atoms with Gasteiger partial charge in [0.2, 0.25) is 11.8 Å². The Kier molecular flexibility index (Phi) is 8.51. The second-order valence-electron chi connectivity index (χ2n) is 7.80. The standard InChI is InChI=1S/C23H24Cl4N2O2/c1-14(23(31)28-17-5-2-3-6-17)29(13-15-9-10-16(24)11-21(15)27)22(30)12-18-19(25)7-4-8-20(18)26/h4,7-11,14,17H,2-3,5-6,12-13H2,1H3,(H,28,31)/t14-/m0/s1. The average molecular weight is 502 g/mol. The van der Waals surface area contributed by atoms with E-state index >= 15 is 0 Å². The zero-order valence-corrected chi connectivity index (χ0v) is 20.2. The molecule has 4 nitrogen and oxygen atoms in total. The molecule has 1 aliphatic carbocycles. The van der Waals surface area contributed by atoms with Crippen LogP contribution in [-0.4, -0.2) is 28.8 Å². The van der Waals surface area contributed by atoms with Crippen molar-refractivity contribution in [1.82, 2.24) is 10.2 Å². The van der Waals surface area contributed by atoms with Gasteiger partial charge in [-0.25, -0.2) is 0 Å². The van der Waals surface area contributed by atoms with Gasteiger partial charge in [0.15, 0.2) is 0 Å². The first-order valence-electron chi connectivity index (χ1n) is 10.2. The predicted molar refractivity (Wildman–Crippen MR) is 127 cm³/mol. The highest BCUT2D eigenvalue weighted by molar-refractivity contribution is 6.36. The molecule has 0 heterocycles. The lowest BCUT2D eigenvalue weighted by atomic mass is 10.1. The molecule has 1 fully saturated rings. The summed E-state index contributed by atoms with van der Waals surface area (Å²) in [6.45, 7) is 1.89. The van der Waals surface area contributed by atoms with Crippen LogP contribution in [-0.2, 0) is 22.6 Å². The fraction of sp³-hybridized carbons (Fsp3) is 0.391. The lowest BCUT2D eigenvalue weighted by Crippen LogP contribution is -2.50. The van der Waals surface area contributed by atoms with Crippen LogP contribution in [0, 0.1) is 0 Å². The van der Waals surface area contributed by atoms with Crippen molar-refractivity contribution in [2.75, 3.05) is 0 Å². The van der Waals surface area contributed by atoms with E-state index in [-0.39, 0.29) is 30.8 Å². The van der Waals surface area contributed by atoms with E-state index in [1.807, 2.05) is 0 Å². The predicted octanol–water partition coefficient (Wildman–Crippen LogP) is 6.32. The van der Waals surface area contributed by atoms with E-state index in [1.54, 1.807) is 43.3 Å². The van der Waals surface area contributed by atoms with E-state index in [2.05, 4.69) is 5.32 Å². The highest BCUT2D eigenvalue weighted by Gasteiger charge is 2.29. The van der Waals surface area contributed by atoms with Crippen LogP contribution in [0.15, 0.2) is 36.4 Å². The molecule has 3 rings (SSSR count). The van der Waals surface area contributed by atoms with Crippen molar-refractivity contribution in [1.29, 1.82) is 0 Å². The van der Waals surface area contributed by atoms with Gasteiger partial charge < -0.3 is 10.2 Å². The van der Waals surface area contributed by atoms with E-state index < -0.39 is 6.04 Å². The summed E-state index contributed by atoms with van der Waals surface area (Å²) in [5, 5.41) is 4.83. The molecule has 2 aromatic carbocycles. The molecule has 0 saturated heterocycles. The number of hydrogen-bond acceptors (Lipinski definition) is 2. The van der Waals surface area contributed by atoms with Gasteiger partial charge in [0, 0.05) is 32.7 Å². The highest BCUT2D eigenvalue weighted by Crippen LogP contribution is 2.27. The molecule has 8 heteroatoms. The highest BCUT2D eigenvalue weighted by atomic mass is 35.5. The number of nitrogens with one attached hydrogen (secondary N) is 1. The summed E-state index contributed by atoms with van der Waals surface area (Å²) >= 11 is 24.9. The SMILES string of the molecule is C[C@@H](C(=O)NC1CCCC1)N(Cc1ccc(Cl)cc1Cl)C(=O)Cc1c(Cl)cccc1Cl. The Morgan fingerprint density at radius 1 is 1.03 bits per heavy atom. The van der Waals surface area contributed by atoms with Gasteiger partial charge in [-0.2, -0.15) is 0 Å². The Hall–Kier alpha value is -1.46. The molecule has 0 aliphatic heterocycles. The Balaban J connectivity index is 1.85. The molecule has 0 unspecified atom stereocenters. The summed E-state index contributed by atoms with van der Waals surface area (Å²) in [6.07, 6.45) is 4.11. The Morgan fingerprint density at radius 3 is 2.29 bits per heavy atom. The van der Waals surface area contributed by atoms with Crippen LogP contribution in [0.4, 0.5) is 0 Å². The maximum atomic E-state index is 13.3. The van der Waals surface area contributed by atoms with Gasteiger partial charge in [-0.15, -0.1) is 0 Å². The van der Waals surface area contributed by atoms with Crippen LogP contribution in [0.2, 0.25) is 20.1 Å². The minimum atomic E-state index is -0.693. The summed E-state index contributed by atoms with van der Waals surface area (Å²) in [5.74, 6) is -0.453. The number of carbonyl (C=O) groups excluding carboxylic acids is 2. The van der Waals surface area contributed by atoms with Gasteiger partial charge in [-0.05, 0) is 55.2 Å². The number of nitrogens with zero attached hydrogens (tertiary/aromatic N) is 1. The largest absolute Gasteiger partial charge is 0.352 e. The molecular formula is C23H24Cl4N2O2. The van der Waals surface area contributed by atoms with Gasteiger partial charge in [-0.3, -0.25) is 9.59 Å². The second kappa shape index (κ2) is 10.9. The lowest BCUT2D eigenvalue weighted by molar-refractivity contribution is -0.140. The number of carbonyl (C=O) groups is 2. The van der Waals surface area contributed by atoms with Crippen LogP contribution in [0.5, 0.6) is 0 Å². The molecule has 0 aromatic heterocycles. The molecule has 166 valence electrons. The number of amides is 2. The first kappa shape index (κ1) is 24.2. The first-order valence-corrected chi connectivity index (χ1v) is 11.7. The normalized spacial score (nSPS) is 15.0. The van der Waals surface area contributed by atoms with Gasteiger partial charge in [-0.1, -0.05) is 71.4 Å². The Labute approximate surface area is 202 Å². The second-order valence-corrected chi connectivity index (χ2v) is 9.46. The fourth-order valence-electron chi connectivity index (χ4n) is 3.76. The third kappa shape index (κ3) is 6.29. The van der Waals surface area contributed by atoms with Gasteiger partial charge >= 0.3 is 0 Å². The zero-order valence-electron chi connectivity index (χ0n) is 17.1. The maximum Gasteiger partial charge on any atom is 0.242 e. The summed E-state index contributed by atoms with van der Waals surface area (Å²) in [6, 6.07) is 9.65. The summed E-state index contributed by atoms with van der Waals surface area (Å²) in [5.41, 5.74) is 1.23. The number of hydrogen-bond donors (Lipinski definition) is 1. The smallest absolute Gasteiger partial charge is 0.242 e. The van der Waals surface area contributed by atoms with Gasteiger partial charge in [0.05, 0.1) is 6.42 Å². The third-order valence-electron chi connectivity index (χ3n) is 5.61. The van der Waals surface area contributed by atoms with Crippen LogP contribution in [0.1, 0.15) is 43.7 Å². The summed E-state index contributed by atoms with van der Waals surface area (Å²) < 4.78 is 0. The van der Waals surface area contributed by atoms with Crippen molar-refractivity contribution in [2.45, 2.75) is 57.7 Å². The number of halogens is 4. The zero-order chi connectivity index (χ0) is 22.5.